The highest BCUT2D eigenvalue weighted by Gasteiger charge is 2.41. The molecule has 0 bridgehead atoms. The first-order chi connectivity index (χ1) is 10.6. The summed E-state index contributed by atoms with van der Waals surface area (Å²) < 4.78 is 4.88. The third kappa shape index (κ3) is 4.10. The Kier molecular flexibility index (Phi) is 5.61. The number of carbonyl (C=O) groups is 2. The molecule has 0 aromatic heterocycles. The van der Waals surface area contributed by atoms with Crippen molar-refractivity contribution >= 4 is 29.6 Å². The van der Waals surface area contributed by atoms with E-state index in [1.54, 1.807) is 18.2 Å². The lowest BCUT2D eigenvalue weighted by atomic mass is 9.81. The molecule has 0 atom stereocenters. The number of hydrogen-bond acceptors (Lipinski definition) is 3. The molecule has 0 spiro atoms. The number of methoxy groups -OCH3 is 1. The lowest BCUT2D eigenvalue weighted by Gasteiger charge is -2.34. The zero-order chi connectivity index (χ0) is 16.0. The van der Waals surface area contributed by atoms with Gasteiger partial charge >= 0.3 is 5.97 Å². The van der Waals surface area contributed by atoms with E-state index >= 15 is 0 Å². The van der Waals surface area contributed by atoms with Crippen LogP contribution in [0, 0.1) is 0 Å². The smallest absolute Gasteiger partial charge is 0.331 e. The van der Waals surface area contributed by atoms with Crippen LogP contribution in [-0.2, 0) is 14.3 Å². The summed E-state index contributed by atoms with van der Waals surface area (Å²) in [5, 5.41) is 3.45. The lowest BCUT2D eigenvalue weighted by molar-refractivity contribution is -0.152. The Hall–Kier alpha value is -1.81. The van der Waals surface area contributed by atoms with Crippen molar-refractivity contribution in [3.05, 3.63) is 40.9 Å². The highest BCUT2D eigenvalue weighted by atomic mass is 35.5. The van der Waals surface area contributed by atoms with Crippen molar-refractivity contribution in [3.8, 4) is 0 Å². The van der Waals surface area contributed by atoms with Gasteiger partial charge in [-0.3, -0.25) is 4.79 Å². The molecule has 0 aliphatic heterocycles. The third-order valence-electron chi connectivity index (χ3n) is 3.92. The first kappa shape index (κ1) is 16.6. The Morgan fingerprint density at radius 3 is 2.64 bits per heavy atom. The van der Waals surface area contributed by atoms with Crippen LogP contribution < -0.4 is 5.32 Å². The SMILES string of the molecule is COC(=O)C1(NC(=O)C=Cc2cccc(Cl)c2)CCCCC1. The van der Waals surface area contributed by atoms with Gasteiger partial charge in [-0.05, 0) is 36.6 Å². The van der Waals surface area contributed by atoms with Gasteiger partial charge in [0.2, 0.25) is 5.91 Å². The predicted molar refractivity (Wildman–Crippen MR) is 86.5 cm³/mol. The third-order valence-corrected chi connectivity index (χ3v) is 4.16. The van der Waals surface area contributed by atoms with E-state index in [1.165, 1.54) is 13.2 Å². The standard InChI is InChI=1S/C17H20ClNO3/c1-22-16(21)17(10-3-2-4-11-17)19-15(20)9-8-13-6-5-7-14(18)12-13/h5-9,12H,2-4,10-11H2,1H3,(H,19,20). The molecule has 1 aliphatic carbocycles. The summed E-state index contributed by atoms with van der Waals surface area (Å²) in [5.74, 6) is -0.663. The Morgan fingerprint density at radius 2 is 2.00 bits per heavy atom. The number of esters is 1. The van der Waals surface area contributed by atoms with Crippen molar-refractivity contribution < 1.29 is 14.3 Å². The summed E-state index contributed by atoms with van der Waals surface area (Å²) in [5.41, 5.74) is -0.0543. The number of ether oxygens (including phenoxy) is 1. The van der Waals surface area contributed by atoms with Crippen LogP contribution in [0.5, 0.6) is 0 Å². The zero-order valence-electron chi connectivity index (χ0n) is 12.6. The van der Waals surface area contributed by atoms with E-state index in [0.717, 1.165) is 24.8 Å². The summed E-state index contributed by atoms with van der Waals surface area (Å²) in [7, 11) is 1.35. The number of amides is 1. The van der Waals surface area contributed by atoms with E-state index in [-0.39, 0.29) is 11.9 Å². The molecule has 22 heavy (non-hydrogen) atoms. The van der Waals surface area contributed by atoms with E-state index in [1.807, 2.05) is 12.1 Å². The second kappa shape index (κ2) is 7.45. The molecule has 4 nitrogen and oxygen atoms in total. The summed E-state index contributed by atoms with van der Waals surface area (Å²) in [6.45, 7) is 0. The monoisotopic (exact) mass is 321 g/mol. The highest BCUT2D eigenvalue weighted by Crippen LogP contribution is 2.29. The maximum absolute atomic E-state index is 12.2. The minimum atomic E-state index is -0.886. The first-order valence-corrected chi connectivity index (χ1v) is 7.78. The molecule has 0 unspecified atom stereocenters. The fraction of sp³-hybridized carbons (Fsp3) is 0.412. The molecule has 0 saturated heterocycles. The number of carbonyl (C=O) groups excluding carboxylic acids is 2. The van der Waals surface area contributed by atoms with Gasteiger partial charge in [-0.15, -0.1) is 0 Å². The van der Waals surface area contributed by atoms with E-state index < -0.39 is 5.54 Å². The van der Waals surface area contributed by atoms with Gasteiger partial charge in [0.1, 0.15) is 5.54 Å². The van der Waals surface area contributed by atoms with Crippen LogP contribution >= 0.6 is 11.6 Å². The van der Waals surface area contributed by atoms with E-state index in [4.69, 9.17) is 16.3 Å². The maximum atomic E-state index is 12.2. The Balaban J connectivity index is 2.06. The second-order valence-corrected chi connectivity index (χ2v) is 5.95. The van der Waals surface area contributed by atoms with Crippen molar-refractivity contribution in [2.24, 2.45) is 0 Å². The van der Waals surface area contributed by atoms with E-state index in [9.17, 15) is 9.59 Å². The quantitative estimate of drug-likeness (QED) is 0.683. The van der Waals surface area contributed by atoms with Crippen molar-refractivity contribution in [1.29, 1.82) is 0 Å². The Labute approximate surface area is 135 Å². The van der Waals surface area contributed by atoms with Gasteiger partial charge in [0.15, 0.2) is 0 Å². The molecule has 1 aliphatic rings. The number of rotatable bonds is 4. The fourth-order valence-corrected chi connectivity index (χ4v) is 2.99. The van der Waals surface area contributed by atoms with Crippen molar-refractivity contribution in [1.82, 2.24) is 5.32 Å². The van der Waals surface area contributed by atoms with Crippen molar-refractivity contribution in [3.63, 3.8) is 0 Å². The summed E-state index contributed by atoms with van der Waals surface area (Å²) in [6.07, 6.45) is 7.24. The average molecular weight is 322 g/mol. The minimum Gasteiger partial charge on any atom is -0.467 e. The minimum absolute atomic E-state index is 0.299. The molecule has 1 aromatic carbocycles. The van der Waals surface area contributed by atoms with Gasteiger partial charge in [-0.1, -0.05) is 43.0 Å². The molecule has 0 radical (unpaired) electrons. The summed E-state index contributed by atoms with van der Waals surface area (Å²) in [4.78, 5) is 24.2. The molecule has 1 aromatic rings. The zero-order valence-corrected chi connectivity index (χ0v) is 13.4. The number of halogens is 1. The second-order valence-electron chi connectivity index (χ2n) is 5.51. The topological polar surface area (TPSA) is 55.4 Å². The molecule has 118 valence electrons. The summed E-state index contributed by atoms with van der Waals surface area (Å²) >= 11 is 5.90. The normalized spacial score (nSPS) is 17.2. The van der Waals surface area contributed by atoms with Gasteiger partial charge < -0.3 is 10.1 Å². The number of benzene rings is 1. The van der Waals surface area contributed by atoms with Gasteiger partial charge in [0, 0.05) is 11.1 Å². The molecular formula is C17H20ClNO3. The molecule has 5 heteroatoms. The van der Waals surface area contributed by atoms with E-state index in [2.05, 4.69) is 5.32 Å². The van der Waals surface area contributed by atoms with Crippen LogP contribution in [0.1, 0.15) is 37.7 Å². The lowest BCUT2D eigenvalue weighted by Crippen LogP contribution is -2.55. The van der Waals surface area contributed by atoms with Crippen LogP contribution in [0.25, 0.3) is 6.08 Å². The number of hydrogen-bond donors (Lipinski definition) is 1. The van der Waals surface area contributed by atoms with Crippen LogP contribution in [0.3, 0.4) is 0 Å². The van der Waals surface area contributed by atoms with Gasteiger partial charge in [0.05, 0.1) is 7.11 Å². The average Bonchev–Trinajstić information content (AvgIpc) is 2.53. The molecule has 0 heterocycles. The van der Waals surface area contributed by atoms with Crippen LogP contribution in [0.4, 0.5) is 0 Å². The first-order valence-electron chi connectivity index (χ1n) is 7.40. The highest BCUT2D eigenvalue weighted by molar-refractivity contribution is 6.30. The number of nitrogens with one attached hydrogen (secondary N) is 1. The van der Waals surface area contributed by atoms with Crippen LogP contribution in [-0.4, -0.2) is 24.5 Å². The molecular weight excluding hydrogens is 302 g/mol. The van der Waals surface area contributed by atoms with Crippen LogP contribution in [0.15, 0.2) is 30.3 Å². The van der Waals surface area contributed by atoms with Gasteiger partial charge in [-0.25, -0.2) is 4.79 Å². The Morgan fingerprint density at radius 1 is 1.27 bits per heavy atom. The molecule has 1 N–H and O–H groups in total. The maximum Gasteiger partial charge on any atom is 0.331 e. The van der Waals surface area contributed by atoms with Gasteiger partial charge in [-0.2, -0.15) is 0 Å². The predicted octanol–water partition coefficient (Wildman–Crippen LogP) is 3.35. The van der Waals surface area contributed by atoms with Crippen molar-refractivity contribution in [2.75, 3.05) is 7.11 Å². The van der Waals surface area contributed by atoms with E-state index in [0.29, 0.717) is 17.9 Å². The largest absolute Gasteiger partial charge is 0.467 e. The molecule has 1 saturated carbocycles. The van der Waals surface area contributed by atoms with Crippen molar-refractivity contribution in [2.45, 2.75) is 37.6 Å². The van der Waals surface area contributed by atoms with Crippen LogP contribution in [0.2, 0.25) is 5.02 Å². The molecule has 2 rings (SSSR count). The van der Waals surface area contributed by atoms with Gasteiger partial charge in [0.25, 0.3) is 0 Å². The molecule has 1 fully saturated rings. The molecule has 1 amide bonds. The fourth-order valence-electron chi connectivity index (χ4n) is 2.79. The summed E-state index contributed by atoms with van der Waals surface area (Å²) in [6, 6.07) is 7.21. The Bertz CT molecular complexity index is 577.